The molecule has 0 fully saturated rings. The Morgan fingerprint density at radius 1 is 1.23 bits per heavy atom. The minimum Gasteiger partial charge on any atom is -0.466 e. The van der Waals surface area contributed by atoms with Crippen LogP contribution in [0, 0.1) is 5.92 Å². The summed E-state index contributed by atoms with van der Waals surface area (Å²) in [5, 5.41) is 0. The maximum Gasteiger partial charge on any atom is 0.305 e. The van der Waals surface area contributed by atoms with Crippen molar-refractivity contribution >= 4 is 11.8 Å². The highest BCUT2D eigenvalue weighted by Gasteiger charge is 2.08. The first kappa shape index (κ1) is 12.1. The van der Waals surface area contributed by atoms with Crippen LogP contribution in [0.4, 0.5) is 0 Å². The zero-order chi connectivity index (χ0) is 10.3. The third-order valence-corrected chi connectivity index (χ3v) is 1.75. The van der Waals surface area contributed by atoms with Gasteiger partial charge in [-0.15, -0.1) is 0 Å². The van der Waals surface area contributed by atoms with Gasteiger partial charge in [0.05, 0.1) is 6.61 Å². The number of rotatable bonds is 6. The summed E-state index contributed by atoms with van der Waals surface area (Å²) >= 11 is 0. The molecule has 0 heterocycles. The highest BCUT2D eigenvalue weighted by molar-refractivity contribution is 5.80. The number of carbonyl (C=O) groups excluding carboxylic acids is 2. The van der Waals surface area contributed by atoms with E-state index in [1.54, 1.807) is 6.92 Å². The molecule has 0 unspecified atom stereocenters. The number of ketones is 1. The van der Waals surface area contributed by atoms with Crippen LogP contribution in [-0.2, 0) is 14.3 Å². The number of ether oxygens (including phenoxy) is 1. The fourth-order valence-electron chi connectivity index (χ4n) is 0.929. The maximum atomic E-state index is 11.1. The molecule has 0 aliphatic heterocycles. The molecule has 0 aliphatic rings. The van der Waals surface area contributed by atoms with E-state index in [0.29, 0.717) is 25.9 Å². The van der Waals surface area contributed by atoms with Crippen LogP contribution in [0.1, 0.15) is 40.0 Å². The van der Waals surface area contributed by atoms with Crippen LogP contribution in [0.2, 0.25) is 0 Å². The van der Waals surface area contributed by atoms with Crippen LogP contribution in [0.15, 0.2) is 0 Å². The lowest BCUT2D eigenvalue weighted by atomic mass is 10.0. The Morgan fingerprint density at radius 2 is 1.85 bits per heavy atom. The first-order chi connectivity index (χ1) is 6.07. The van der Waals surface area contributed by atoms with Crippen molar-refractivity contribution in [3.05, 3.63) is 0 Å². The molecule has 0 atom stereocenters. The zero-order valence-corrected chi connectivity index (χ0v) is 8.63. The maximum absolute atomic E-state index is 11.1. The number of carbonyl (C=O) groups is 2. The number of esters is 1. The first-order valence-corrected chi connectivity index (χ1v) is 4.76. The summed E-state index contributed by atoms with van der Waals surface area (Å²) < 4.78 is 4.73. The van der Waals surface area contributed by atoms with Crippen LogP contribution in [-0.4, -0.2) is 18.4 Å². The van der Waals surface area contributed by atoms with E-state index < -0.39 is 0 Å². The molecule has 0 spiro atoms. The van der Waals surface area contributed by atoms with E-state index in [-0.39, 0.29) is 17.7 Å². The second kappa shape index (κ2) is 6.63. The van der Waals surface area contributed by atoms with Gasteiger partial charge in [-0.2, -0.15) is 0 Å². The Bertz CT molecular complexity index is 173. The fraction of sp³-hybridized carbons (Fsp3) is 0.800. The molecule has 76 valence electrons. The van der Waals surface area contributed by atoms with Crippen molar-refractivity contribution in [2.24, 2.45) is 5.92 Å². The second-order valence-corrected chi connectivity index (χ2v) is 3.28. The van der Waals surface area contributed by atoms with Crippen LogP contribution in [0.25, 0.3) is 0 Å². The molecule has 0 saturated carbocycles. The lowest BCUT2D eigenvalue weighted by Gasteiger charge is -2.03. The minimum absolute atomic E-state index is 0.0715. The molecule has 3 heteroatoms. The molecule has 0 rings (SSSR count). The molecular weight excluding hydrogens is 168 g/mol. The Kier molecular flexibility index (Phi) is 6.20. The van der Waals surface area contributed by atoms with E-state index in [2.05, 4.69) is 0 Å². The van der Waals surface area contributed by atoms with Crippen molar-refractivity contribution in [1.29, 1.82) is 0 Å². The number of Topliss-reactive ketones (excluding diaryl/α,β-unsaturated/α-hetero) is 1. The molecule has 3 nitrogen and oxygen atoms in total. The van der Waals surface area contributed by atoms with E-state index in [1.165, 1.54) is 0 Å². The van der Waals surface area contributed by atoms with Gasteiger partial charge in [-0.1, -0.05) is 13.8 Å². The summed E-state index contributed by atoms with van der Waals surface area (Å²) in [7, 11) is 0. The smallest absolute Gasteiger partial charge is 0.305 e. The van der Waals surface area contributed by atoms with Crippen molar-refractivity contribution in [3.63, 3.8) is 0 Å². The van der Waals surface area contributed by atoms with Gasteiger partial charge in [-0.3, -0.25) is 9.59 Å². The number of hydrogen-bond acceptors (Lipinski definition) is 3. The fourth-order valence-corrected chi connectivity index (χ4v) is 0.929. The van der Waals surface area contributed by atoms with Crippen molar-refractivity contribution < 1.29 is 14.3 Å². The van der Waals surface area contributed by atoms with Crippen molar-refractivity contribution in [3.8, 4) is 0 Å². The van der Waals surface area contributed by atoms with E-state index in [9.17, 15) is 9.59 Å². The molecule has 0 amide bonds. The standard InChI is InChI=1S/C10H18O3/c1-4-13-10(12)7-5-6-9(11)8(2)3/h8H,4-7H2,1-3H3. The average molecular weight is 186 g/mol. The molecule has 0 aromatic heterocycles. The van der Waals surface area contributed by atoms with Gasteiger partial charge in [0.25, 0.3) is 0 Å². The molecule has 0 aliphatic carbocycles. The monoisotopic (exact) mass is 186 g/mol. The Hall–Kier alpha value is -0.860. The van der Waals surface area contributed by atoms with Crippen molar-refractivity contribution in [2.45, 2.75) is 40.0 Å². The normalized spacial score (nSPS) is 10.2. The van der Waals surface area contributed by atoms with Gasteiger partial charge < -0.3 is 4.74 Å². The summed E-state index contributed by atoms with van der Waals surface area (Å²) in [5.74, 6) is 0.0746. The Balaban J connectivity index is 3.45. The van der Waals surface area contributed by atoms with E-state index in [0.717, 1.165) is 0 Å². The highest BCUT2D eigenvalue weighted by atomic mass is 16.5. The van der Waals surface area contributed by atoms with E-state index >= 15 is 0 Å². The summed E-state index contributed by atoms with van der Waals surface area (Å²) in [6, 6.07) is 0. The van der Waals surface area contributed by atoms with Crippen LogP contribution >= 0.6 is 0 Å². The topological polar surface area (TPSA) is 43.4 Å². The molecule has 0 saturated heterocycles. The number of hydrogen-bond donors (Lipinski definition) is 0. The molecule has 0 bridgehead atoms. The third kappa shape index (κ3) is 6.31. The second-order valence-electron chi connectivity index (χ2n) is 3.28. The summed E-state index contributed by atoms with van der Waals surface area (Å²) in [5.41, 5.74) is 0. The zero-order valence-electron chi connectivity index (χ0n) is 8.63. The van der Waals surface area contributed by atoms with Crippen molar-refractivity contribution in [1.82, 2.24) is 0 Å². The van der Waals surface area contributed by atoms with Crippen molar-refractivity contribution in [2.75, 3.05) is 6.61 Å². The third-order valence-electron chi connectivity index (χ3n) is 1.75. The summed E-state index contributed by atoms with van der Waals surface area (Å²) in [4.78, 5) is 22.0. The quantitative estimate of drug-likeness (QED) is 0.595. The molecule has 0 radical (unpaired) electrons. The highest BCUT2D eigenvalue weighted by Crippen LogP contribution is 2.04. The lowest BCUT2D eigenvalue weighted by molar-refractivity contribution is -0.143. The lowest BCUT2D eigenvalue weighted by Crippen LogP contribution is -2.09. The predicted octanol–water partition coefficient (Wildman–Crippen LogP) is 1.94. The van der Waals surface area contributed by atoms with Gasteiger partial charge in [0, 0.05) is 18.8 Å². The minimum atomic E-state index is -0.209. The van der Waals surface area contributed by atoms with E-state index in [4.69, 9.17) is 4.74 Å². The van der Waals surface area contributed by atoms with Crippen LogP contribution in [0.5, 0.6) is 0 Å². The van der Waals surface area contributed by atoms with E-state index in [1.807, 2.05) is 13.8 Å². The van der Waals surface area contributed by atoms with Gasteiger partial charge in [-0.25, -0.2) is 0 Å². The van der Waals surface area contributed by atoms with Gasteiger partial charge >= 0.3 is 5.97 Å². The average Bonchev–Trinajstić information content (AvgIpc) is 2.04. The first-order valence-electron chi connectivity index (χ1n) is 4.76. The molecule has 0 aromatic carbocycles. The SMILES string of the molecule is CCOC(=O)CCCC(=O)C(C)C. The molecule has 0 aromatic rings. The largest absolute Gasteiger partial charge is 0.466 e. The Labute approximate surface area is 79.5 Å². The van der Waals surface area contributed by atoms with Gasteiger partial charge in [0.2, 0.25) is 0 Å². The summed E-state index contributed by atoms with van der Waals surface area (Å²) in [6.07, 6.45) is 1.44. The van der Waals surface area contributed by atoms with Gasteiger partial charge in [0.1, 0.15) is 5.78 Å². The van der Waals surface area contributed by atoms with Crippen LogP contribution < -0.4 is 0 Å². The molecular formula is C10H18O3. The molecule has 0 N–H and O–H groups in total. The van der Waals surface area contributed by atoms with Gasteiger partial charge in [0.15, 0.2) is 0 Å². The Morgan fingerprint density at radius 3 is 2.31 bits per heavy atom. The summed E-state index contributed by atoms with van der Waals surface area (Å²) in [6.45, 7) is 5.92. The van der Waals surface area contributed by atoms with Crippen LogP contribution in [0.3, 0.4) is 0 Å². The van der Waals surface area contributed by atoms with Gasteiger partial charge in [-0.05, 0) is 13.3 Å². The predicted molar refractivity (Wildman–Crippen MR) is 50.3 cm³/mol. The molecule has 13 heavy (non-hydrogen) atoms.